The Morgan fingerprint density at radius 3 is 3.06 bits per heavy atom. The van der Waals surface area contributed by atoms with Gasteiger partial charge in [-0.2, -0.15) is 0 Å². The van der Waals surface area contributed by atoms with Gasteiger partial charge in [0.05, 0.1) is 17.7 Å². The second kappa shape index (κ2) is 4.94. The fourth-order valence-corrected chi connectivity index (χ4v) is 2.29. The fraction of sp³-hybridized carbons (Fsp3) is 0.273. The normalized spacial score (nSPS) is 10.5. The number of carboxylic acid groups (broad SMARTS) is 1. The molecule has 0 saturated heterocycles. The Kier molecular flexibility index (Phi) is 3.36. The third-order valence-electron chi connectivity index (χ3n) is 2.09. The number of furan rings is 1. The van der Waals surface area contributed by atoms with Gasteiger partial charge in [-0.15, -0.1) is 11.3 Å². The maximum Gasteiger partial charge on any atom is 0.308 e. The van der Waals surface area contributed by atoms with Crippen LogP contribution in [-0.4, -0.2) is 16.1 Å². The SMILES string of the molecule is O=C(O)Cc1cnc(CCc2ccco2)s1. The van der Waals surface area contributed by atoms with Crippen molar-refractivity contribution in [1.82, 2.24) is 4.98 Å². The van der Waals surface area contributed by atoms with Crippen LogP contribution in [0.4, 0.5) is 0 Å². The van der Waals surface area contributed by atoms with E-state index in [1.54, 1.807) is 12.5 Å². The minimum absolute atomic E-state index is 0.0540. The molecule has 2 aromatic heterocycles. The summed E-state index contributed by atoms with van der Waals surface area (Å²) in [6, 6.07) is 3.78. The summed E-state index contributed by atoms with van der Waals surface area (Å²) in [7, 11) is 0. The molecular weight excluding hydrogens is 226 g/mol. The average molecular weight is 237 g/mol. The van der Waals surface area contributed by atoms with Crippen molar-refractivity contribution in [1.29, 1.82) is 0 Å². The Morgan fingerprint density at radius 2 is 2.38 bits per heavy atom. The number of carboxylic acids is 1. The van der Waals surface area contributed by atoms with E-state index in [1.807, 2.05) is 12.1 Å². The van der Waals surface area contributed by atoms with E-state index in [9.17, 15) is 4.79 Å². The maximum absolute atomic E-state index is 10.5. The fourth-order valence-electron chi connectivity index (χ4n) is 1.38. The van der Waals surface area contributed by atoms with Crippen LogP contribution in [0.1, 0.15) is 15.6 Å². The van der Waals surface area contributed by atoms with E-state index in [0.717, 1.165) is 28.5 Å². The third-order valence-corrected chi connectivity index (χ3v) is 3.15. The summed E-state index contributed by atoms with van der Waals surface area (Å²) in [4.78, 5) is 15.5. The van der Waals surface area contributed by atoms with Crippen molar-refractivity contribution in [3.63, 3.8) is 0 Å². The number of nitrogens with zero attached hydrogens (tertiary/aromatic N) is 1. The molecule has 0 aliphatic heterocycles. The van der Waals surface area contributed by atoms with Crippen molar-refractivity contribution >= 4 is 17.3 Å². The van der Waals surface area contributed by atoms with Gasteiger partial charge >= 0.3 is 5.97 Å². The van der Waals surface area contributed by atoms with Crippen LogP contribution in [0.5, 0.6) is 0 Å². The topological polar surface area (TPSA) is 63.3 Å². The molecule has 84 valence electrons. The number of aliphatic carboxylic acids is 1. The first kappa shape index (κ1) is 10.9. The highest BCUT2D eigenvalue weighted by Crippen LogP contribution is 2.16. The lowest BCUT2D eigenvalue weighted by molar-refractivity contribution is -0.136. The van der Waals surface area contributed by atoms with Gasteiger partial charge in [0, 0.05) is 23.9 Å². The van der Waals surface area contributed by atoms with Gasteiger partial charge in [-0.25, -0.2) is 4.98 Å². The monoisotopic (exact) mass is 237 g/mol. The van der Waals surface area contributed by atoms with Crippen LogP contribution in [0.3, 0.4) is 0 Å². The smallest absolute Gasteiger partial charge is 0.308 e. The van der Waals surface area contributed by atoms with Crippen molar-refractivity contribution < 1.29 is 14.3 Å². The molecule has 0 atom stereocenters. The van der Waals surface area contributed by atoms with E-state index >= 15 is 0 Å². The molecule has 0 bridgehead atoms. The molecule has 16 heavy (non-hydrogen) atoms. The zero-order valence-corrected chi connectivity index (χ0v) is 9.37. The maximum atomic E-state index is 10.5. The Balaban J connectivity index is 1.90. The highest BCUT2D eigenvalue weighted by atomic mass is 32.1. The van der Waals surface area contributed by atoms with E-state index in [0.29, 0.717) is 0 Å². The Hall–Kier alpha value is -1.62. The van der Waals surface area contributed by atoms with Gasteiger partial charge in [0.25, 0.3) is 0 Å². The number of hydrogen-bond acceptors (Lipinski definition) is 4. The number of aryl methyl sites for hydroxylation is 2. The van der Waals surface area contributed by atoms with E-state index < -0.39 is 5.97 Å². The summed E-state index contributed by atoms with van der Waals surface area (Å²) >= 11 is 1.45. The molecule has 0 amide bonds. The predicted molar refractivity (Wildman–Crippen MR) is 59.6 cm³/mol. The van der Waals surface area contributed by atoms with E-state index in [1.165, 1.54) is 11.3 Å². The highest BCUT2D eigenvalue weighted by Gasteiger charge is 2.06. The molecular formula is C11H11NO3S. The number of hydrogen-bond donors (Lipinski definition) is 1. The van der Waals surface area contributed by atoms with Gasteiger partial charge in [-0.1, -0.05) is 0 Å². The van der Waals surface area contributed by atoms with Crippen molar-refractivity contribution in [3.05, 3.63) is 40.2 Å². The first-order chi connectivity index (χ1) is 7.74. The molecule has 0 unspecified atom stereocenters. The van der Waals surface area contributed by atoms with Gasteiger partial charge in [-0.3, -0.25) is 4.79 Å². The van der Waals surface area contributed by atoms with E-state index in [4.69, 9.17) is 9.52 Å². The summed E-state index contributed by atoms with van der Waals surface area (Å²) in [6.07, 6.45) is 4.92. The van der Waals surface area contributed by atoms with Gasteiger partial charge < -0.3 is 9.52 Å². The summed E-state index contributed by atoms with van der Waals surface area (Å²) < 4.78 is 5.21. The van der Waals surface area contributed by atoms with Gasteiger partial charge in [-0.05, 0) is 12.1 Å². The Morgan fingerprint density at radius 1 is 1.50 bits per heavy atom. The van der Waals surface area contributed by atoms with Gasteiger partial charge in [0.1, 0.15) is 5.76 Å². The van der Waals surface area contributed by atoms with Crippen molar-refractivity contribution in [2.45, 2.75) is 19.3 Å². The standard InChI is InChI=1S/C11H11NO3S/c13-11(14)6-9-7-12-10(16-9)4-3-8-2-1-5-15-8/h1-2,5,7H,3-4,6H2,(H,13,14). The largest absolute Gasteiger partial charge is 0.481 e. The molecule has 5 heteroatoms. The summed E-state index contributed by atoms with van der Waals surface area (Å²) in [6.45, 7) is 0. The number of thiazole rings is 1. The lowest BCUT2D eigenvalue weighted by Gasteiger charge is -1.92. The summed E-state index contributed by atoms with van der Waals surface area (Å²) in [5, 5.41) is 9.57. The molecule has 0 fully saturated rings. The quantitative estimate of drug-likeness (QED) is 0.865. The zero-order chi connectivity index (χ0) is 11.4. The molecule has 0 aliphatic carbocycles. The number of aromatic nitrogens is 1. The van der Waals surface area contributed by atoms with Crippen molar-refractivity contribution in [2.24, 2.45) is 0 Å². The average Bonchev–Trinajstić information content (AvgIpc) is 2.84. The summed E-state index contributed by atoms with van der Waals surface area (Å²) in [5.74, 6) is 0.108. The molecule has 1 N–H and O–H groups in total. The van der Waals surface area contributed by atoms with Gasteiger partial charge in [0.15, 0.2) is 0 Å². The van der Waals surface area contributed by atoms with Crippen LogP contribution < -0.4 is 0 Å². The molecule has 0 aliphatic rings. The third kappa shape index (κ3) is 2.93. The molecule has 0 aromatic carbocycles. The zero-order valence-electron chi connectivity index (χ0n) is 8.55. The Labute approximate surface area is 96.6 Å². The van der Waals surface area contributed by atoms with Crippen LogP contribution in [-0.2, 0) is 24.1 Å². The Bertz CT molecular complexity index is 461. The molecule has 0 spiro atoms. The first-order valence-corrected chi connectivity index (χ1v) is 5.73. The van der Waals surface area contributed by atoms with Crippen LogP contribution in [0.15, 0.2) is 29.0 Å². The molecule has 4 nitrogen and oxygen atoms in total. The molecule has 0 radical (unpaired) electrons. The molecule has 2 heterocycles. The highest BCUT2D eigenvalue weighted by molar-refractivity contribution is 7.11. The van der Waals surface area contributed by atoms with E-state index in [2.05, 4.69) is 4.98 Å². The lowest BCUT2D eigenvalue weighted by Crippen LogP contribution is -1.97. The predicted octanol–water partition coefficient (Wildman–Crippen LogP) is 2.15. The van der Waals surface area contributed by atoms with Crippen LogP contribution in [0, 0.1) is 0 Å². The van der Waals surface area contributed by atoms with Crippen LogP contribution in [0.25, 0.3) is 0 Å². The van der Waals surface area contributed by atoms with E-state index in [-0.39, 0.29) is 6.42 Å². The van der Waals surface area contributed by atoms with Crippen molar-refractivity contribution in [2.75, 3.05) is 0 Å². The van der Waals surface area contributed by atoms with Crippen molar-refractivity contribution in [3.8, 4) is 0 Å². The molecule has 2 rings (SSSR count). The number of rotatable bonds is 5. The second-order valence-corrected chi connectivity index (χ2v) is 4.57. The lowest BCUT2D eigenvalue weighted by atomic mass is 10.2. The number of carbonyl (C=O) groups is 1. The van der Waals surface area contributed by atoms with Crippen LogP contribution in [0.2, 0.25) is 0 Å². The minimum Gasteiger partial charge on any atom is -0.481 e. The van der Waals surface area contributed by atoms with Gasteiger partial charge in [0.2, 0.25) is 0 Å². The first-order valence-electron chi connectivity index (χ1n) is 4.92. The molecule has 2 aromatic rings. The molecule has 0 saturated carbocycles. The van der Waals surface area contributed by atoms with Crippen LogP contribution >= 0.6 is 11.3 Å². The second-order valence-electron chi connectivity index (χ2n) is 3.37. The minimum atomic E-state index is -0.818. The summed E-state index contributed by atoms with van der Waals surface area (Å²) in [5.41, 5.74) is 0.